The summed E-state index contributed by atoms with van der Waals surface area (Å²) in [6, 6.07) is 6.96. The van der Waals surface area contributed by atoms with Crippen LogP contribution in [0.3, 0.4) is 0 Å². The number of ether oxygens (including phenoxy) is 1. The third kappa shape index (κ3) is 4.33. The van der Waals surface area contributed by atoms with Gasteiger partial charge in [0, 0.05) is 23.2 Å². The first-order chi connectivity index (χ1) is 10.6. The van der Waals surface area contributed by atoms with Gasteiger partial charge in [0.15, 0.2) is 0 Å². The van der Waals surface area contributed by atoms with Crippen molar-refractivity contribution in [2.24, 2.45) is 0 Å². The number of benzene rings is 1. The zero-order valence-corrected chi connectivity index (χ0v) is 13.5. The average Bonchev–Trinajstić information content (AvgIpc) is 2.98. The molecule has 8 heteroatoms. The Morgan fingerprint density at radius 3 is 2.91 bits per heavy atom. The summed E-state index contributed by atoms with van der Waals surface area (Å²) in [5.74, 6) is 0.286. The van der Waals surface area contributed by atoms with Crippen LogP contribution in [0.5, 0.6) is 5.88 Å². The van der Waals surface area contributed by atoms with Gasteiger partial charge >= 0.3 is 0 Å². The van der Waals surface area contributed by atoms with Crippen LogP contribution in [0.4, 0.5) is 5.69 Å². The average molecular weight is 342 g/mol. The number of anilines is 1. The van der Waals surface area contributed by atoms with E-state index in [1.165, 1.54) is 11.5 Å². The van der Waals surface area contributed by atoms with Gasteiger partial charge in [-0.15, -0.1) is 0 Å². The van der Waals surface area contributed by atoms with E-state index in [0.717, 1.165) is 10.6 Å². The van der Waals surface area contributed by atoms with Gasteiger partial charge in [0.05, 0.1) is 30.8 Å². The monoisotopic (exact) mass is 341 g/mol. The highest BCUT2D eigenvalue weighted by molar-refractivity contribution is 7.05. The predicted octanol–water partition coefficient (Wildman–Crippen LogP) is 2.14. The summed E-state index contributed by atoms with van der Waals surface area (Å²) in [6.45, 7) is 0.678. The number of nitrogens with zero attached hydrogens (tertiary/aromatic N) is 1. The van der Waals surface area contributed by atoms with Gasteiger partial charge in [-0.2, -0.15) is 4.37 Å². The summed E-state index contributed by atoms with van der Waals surface area (Å²) in [6.07, 6.45) is 0. The number of halogens is 1. The van der Waals surface area contributed by atoms with Gasteiger partial charge in [0.2, 0.25) is 5.88 Å². The van der Waals surface area contributed by atoms with E-state index in [0.29, 0.717) is 23.0 Å². The maximum atomic E-state index is 11.8. The number of rotatable bonds is 7. The summed E-state index contributed by atoms with van der Waals surface area (Å²) >= 11 is 7.47. The van der Waals surface area contributed by atoms with Crippen LogP contribution in [0.15, 0.2) is 24.3 Å². The maximum absolute atomic E-state index is 11.8. The van der Waals surface area contributed by atoms with Crippen LogP contribution in [0, 0.1) is 0 Å². The first-order valence-corrected chi connectivity index (χ1v) is 7.71. The van der Waals surface area contributed by atoms with Crippen LogP contribution < -0.4 is 15.4 Å². The molecule has 0 radical (unpaired) electrons. The van der Waals surface area contributed by atoms with Crippen LogP contribution in [0.25, 0.3) is 0 Å². The summed E-state index contributed by atoms with van der Waals surface area (Å²) < 4.78 is 9.14. The van der Waals surface area contributed by atoms with Gasteiger partial charge < -0.3 is 20.5 Å². The Bertz CT molecular complexity index is 648. The molecule has 0 saturated heterocycles. The SMILES string of the molecule is COc1cc(CNc2ccc(C(=O)NCCO)c(Cl)c2)sn1. The Hall–Kier alpha value is -1.83. The Labute approximate surface area is 137 Å². The van der Waals surface area contributed by atoms with Crippen LogP contribution in [0.2, 0.25) is 5.02 Å². The molecule has 0 atom stereocenters. The molecule has 1 amide bonds. The fourth-order valence-corrected chi connectivity index (χ4v) is 2.63. The summed E-state index contributed by atoms with van der Waals surface area (Å²) in [4.78, 5) is 12.8. The lowest BCUT2D eigenvalue weighted by atomic mass is 10.2. The highest BCUT2D eigenvalue weighted by atomic mass is 35.5. The molecule has 0 aliphatic heterocycles. The molecule has 0 spiro atoms. The molecule has 3 N–H and O–H groups in total. The highest BCUT2D eigenvalue weighted by Crippen LogP contribution is 2.23. The zero-order chi connectivity index (χ0) is 15.9. The van der Waals surface area contributed by atoms with Crippen molar-refractivity contribution < 1.29 is 14.6 Å². The number of methoxy groups -OCH3 is 1. The van der Waals surface area contributed by atoms with Crippen LogP contribution in [-0.2, 0) is 6.54 Å². The van der Waals surface area contributed by atoms with Gasteiger partial charge in [-0.3, -0.25) is 4.79 Å². The molecule has 1 heterocycles. The summed E-state index contributed by atoms with van der Waals surface area (Å²) in [7, 11) is 1.58. The molecule has 0 bridgehead atoms. The smallest absolute Gasteiger partial charge is 0.252 e. The van der Waals surface area contributed by atoms with Crippen molar-refractivity contribution in [3.63, 3.8) is 0 Å². The van der Waals surface area contributed by atoms with E-state index in [2.05, 4.69) is 15.0 Å². The molecule has 0 saturated carbocycles. The number of nitrogens with one attached hydrogen (secondary N) is 2. The van der Waals surface area contributed by atoms with E-state index < -0.39 is 0 Å². The molecule has 2 aromatic rings. The number of amides is 1. The lowest BCUT2D eigenvalue weighted by Gasteiger charge is -2.09. The molecule has 0 unspecified atom stereocenters. The third-order valence-corrected chi connectivity index (χ3v) is 3.90. The van der Waals surface area contributed by atoms with E-state index in [9.17, 15) is 4.79 Å². The first kappa shape index (κ1) is 16.5. The minimum atomic E-state index is -0.308. The largest absolute Gasteiger partial charge is 0.480 e. The Morgan fingerprint density at radius 2 is 2.27 bits per heavy atom. The zero-order valence-electron chi connectivity index (χ0n) is 11.9. The molecule has 0 aliphatic carbocycles. The van der Waals surface area contributed by atoms with Gasteiger partial charge in [0.1, 0.15) is 0 Å². The quantitative estimate of drug-likeness (QED) is 0.718. The van der Waals surface area contributed by atoms with Crippen molar-refractivity contribution in [2.75, 3.05) is 25.6 Å². The Balaban J connectivity index is 1.98. The van der Waals surface area contributed by atoms with E-state index in [4.69, 9.17) is 21.4 Å². The van der Waals surface area contributed by atoms with E-state index in [1.54, 1.807) is 25.3 Å². The van der Waals surface area contributed by atoms with Crippen molar-refractivity contribution in [2.45, 2.75) is 6.54 Å². The fourth-order valence-electron chi connectivity index (χ4n) is 1.74. The number of aromatic nitrogens is 1. The van der Waals surface area contributed by atoms with Crippen molar-refractivity contribution in [1.82, 2.24) is 9.69 Å². The van der Waals surface area contributed by atoms with Gasteiger partial charge in [-0.1, -0.05) is 11.6 Å². The van der Waals surface area contributed by atoms with Crippen molar-refractivity contribution in [1.29, 1.82) is 0 Å². The highest BCUT2D eigenvalue weighted by Gasteiger charge is 2.10. The van der Waals surface area contributed by atoms with Gasteiger partial charge in [0.25, 0.3) is 5.91 Å². The van der Waals surface area contributed by atoms with E-state index >= 15 is 0 Å². The maximum Gasteiger partial charge on any atom is 0.252 e. The molecule has 1 aromatic heterocycles. The topological polar surface area (TPSA) is 83.5 Å². The normalized spacial score (nSPS) is 10.3. The van der Waals surface area contributed by atoms with Crippen molar-refractivity contribution >= 4 is 34.7 Å². The minimum Gasteiger partial charge on any atom is -0.480 e. The number of hydrogen-bond donors (Lipinski definition) is 3. The van der Waals surface area contributed by atoms with Gasteiger partial charge in [-0.05, 0) is 29.7 Å². The molecule has 2 rings (SSSR count). The molecule has 6 nitrogen and oxygen atoms in total. The molecule has 1 aromatic carbocycles. The molecule has 118 valence electrons. The molecule has 0 aliphatic rings. The van der Waals surface area contributed by atoms with Crippen LogP contribution in [0.1, 0.15) is 15.2 Å². The first-order valence-electron chi connectivity index (χ1n) is 6.56. The van der Waals surface area contributed by atoms with E-state index in [1.807, 2.05) is 6.07 Å². The number of hydrogen-bond acceptors (Lipinski definition) is 6. The lowest BCUT2D eigenvalue weighted by Crippen LogP contribution is -2.26. The predicted molar refractivity (Wildman–Crippen MR) is 86.9 cm³/mol. The second-order valence-electron chi connectivity index (χ2n) is 4.36. The fraction of sp³-hybridized carbons (Fsp3) is 0.286. The van der Waals surface area contributed by atoms with Gasteiger partial charge in [-0.25, -0.2) is 0 Å². The third-order valence-electron chi connectivity index (χ3n) is 2.82. The van der Waals surface area contributed by atoms with Crippen molar-refractivity contribution in [3.05, 3.63) is 39.7 Å². The summed E-state index contributed by atoms with van der Waals surface area (Å²) in [5, 5.41) is 14.8. The van der Waals surface area contributed by atoms with Crippen molar-refractivity contribution in [3.8, 4) is 5.88 Å². The van der Waals surface area contributed by atoms with Crippen LogP contribution >= 0.6 is 23.1 Å². The second-order valence-corrected chi connectivity index (χ2v) is 5.66. The molecule has 22 heavy (non-hydrogen) atoms. The molecule has 0 fully saturated rings. The number of aliphatic hydroxyl groups excluding tert-OH is 1. The number of aliphatic hydroxyl groups is 1. The standard InChI is InChI=1S/C14H16ClN3O3S/c1-21-13-7-10(22-18-13)8-17-9-2-3-11(12(15)6-9)14(20)16-4-5-19/h2-3,6-7,17,19H,4-5,8H2,1H3,(H,16,20). The summed E-state index contributed by atoms with van der Waals surface area (Å²) in [5.41, 5.74) is 1.18. The molecular weight excluding hydrogens is 326 g/mol. The minimum absolute atomic E-state index is 0.110. The molecular formula is C14H16ClN3O3S. The Kier molecular flexibility index (Phi) is 6.00. The number of carbonyl (C=O) groups excluding carboxylic acids is 1. The van der Waals surface area contributed by atoms with Crippen LogP contribution in [-0.4, -0.2) is 35.6 Å². The van der Waals surface area contributed by atoms with E-state index in [-0.39, 0.29) is 19.1 Å². The second kappa shape index (κ2) is 7.98. The Morgan fingerprint density at radius 1 is 1.45 bits per heavy atom. The lowest BCUT2D eigenvalue weighted by molar-refractivity contribution is 0.0945. The number of carbonyl (C=O) groups is 1.